The van der Waals surface area contributed by atoms with Crippen LogP contribution in [0.4, 0.5) is 17.1 Å². The van der Waals surface area contributed by atoms with Gasteiger partial charge in [0.2, 0.25) is 0 Å². The molecule has 0 bridgehead atoms. The summed E-state index contributed by atoms with van der Waals surface area (Å²) in [6, 6.07) is 24.3. The van der Waals surface area contributed by atoms with Gasteiger partial charge >= 0.3 is 0 Å². The van der Waals surface area contributed by atoms with E-state index in [9.17, 15) is 8.42 Å². The molecular formula is C23H25N3O3S. The van der Waals surface area contributed by atoms with Crippen molar-refractivity contribution in [3.05, 3.63) is 84.4 Å². The molecule has 0 aromatic heterocycles. The van der Waals surface area contributed by atoms with Gasteiger partial charge in [0, 0.05) is 18.8 Å². The van der Waals surface area contributed by atoms with Gasteiger partial charge < -0.3 is 10.0 Å². The summed E-state index contributed by atoms with van der Waals surface area (Å²) in [5.74, 6) is -0.292. The Kier molecular flexibility index (Phi) is 7.32. The number of hydrogen-bond donors (Lipinski definition) is 1. The third-order valence-electron chi connectivity index (χ3n) is 4.65. The minimum atomic E-state index is -3.46. The van der Waals surface area contributed by atoms with Gasteiger partial charge in [-0.3, -0.25) is 0 Å². The van der Waals surface area contributed by atoms with Crippen LogP contribution in [0.3, 0.4) is 0 Å². The summed E-state index contributed by atoms with van der Waals surface area (Å²) in [5, 5.41) is 17.3. The highest BCUT2D eigenvalue weighted by atomic mass is 32.2. The first-order valence-electron chi connectivity index (χ1n) is 9.76. The third-order valence-corrected chi connectivity index (χ3v) is 6.36. The summed E-state index contributed by atoms with van der Waals surface area (Å²) in [6.45, 7) is 3.45. The summed E-state index contributed by atoms with van der Waals surface area (Å²) in [4.78, 5) is 2.44. The van der Waals surface area contributed by atoms with Crippen molar-refractivity contribution in [1.29, 1.82) is 0 Å². The van der Waals surface area contributed by atoms with E-state index >= 15 is 0 Å². The van der Waals surface area contributed by atoms with E-state index in [1.54, 1.807) is 12.1 Å². The minimum absolute atomic E-state index is 0.165. The van der Waals surface area contributed by atoms with Gasteiger partial charge in [0.05, 0.1) is 28.6 Å². The van der Waals surface area contributed by atoms with Crippen LogP contribution in [0.1, 0.15) is 12.5 Å². The standard InChI is InChI=1S/C23H25N3O3S/c1-2-26(18-19-6-4-3-5-7-19)22-12-8-20(9-13-22)24-25-21-10-14-23(15-11-21)30(28,29)17-16-27/h3-15,27H,2,16-18H2,1H3. The summed E-state index contributed by atoms with van der Waals surface area (Å²) >= 11 is 0. The molecule has 0 aliphatic heterocycles. The van der Waals surface area contributed by atoms with E-state index in [1.807, 2.05) is 42.5 Å². The fourth-order valence-corrected chi connectivity index (χ4v) is 4.02. The van der Waals surface area contributed by atoms with Gasteiger partial charge in [-0.05, 0) is 61.0 Å². The van der Waals surface area contributed by atoms with Crippen LogP contribution in [-0.4, -0.2) is 32.4 Å². The molecule has 0 saturated carbocycles. The van der Waals surface area contributed by atoms with Crippen LogP contribution in [-0.2, 0) is 16.4 Å². The smallest absolute Gasteiger partial charge is 0.180 e. The molecule has 1 N–H and O–H groups in total. The number of aliphatic hydroxyl groups is 1. The third kappa shape index (κ3) is 5.75. The van der Waals surface area contributed by atoms with E-state index in [4.69, 9.17) is 5.11 Å². The van der Waals surface area contributed by atoms with E-state index in [2.05, 4.69) is 34.2 Å². The van der Waals surface area contributed by atoms with Crippen molar-refractivity contribution in [2.45, 2.75) is 18.4 Å². The Morgan fingerprint density at radius 2 is 1.40 bits per heavy atom. The number of nitrogens with zero attached hydrogens (tertiary/aromatic N) is 3. The van der Waals surface area contributed by atoms with Crippen LogP contribution in [0.5, 0.6) is 0 Å². The van der Waals surface area contributed by atoms with Gasteiger partial charge in [-0.1, -0.05) is 30.3 Å². The SMILES string of the molecule is CCN(Cc1ccccc1)c1ccc(N=Nc2ccc(S(=O)(=O)CCO)cc2)cc1. The van der Waals surface area contributed by atoms with Gasteiger partial charge in [0.15, 0.2) is 9.84 Å². The van der Waals surface area contributed by atoms with E-state index in [0.717, 1.165) is 18.8 Å². The molecule has 3 rings (SSSR count). The van der Waals surface area contributed by atoms with Gasteiger partial charge in [-0.15, -0.1) is 0 Å². The Bertz CT molecular complexity index is 1060. The number of sulfone groups is 1. The second-order valence-corrected chi connectivity index (χ2v) is 8.86. The van der Waals surface area contributed by atoms with Crippen molar-refractivity contribution in [3.63, 3.8) is 0 Å². The number of hydrogen-bond acceptors (Lipinski definition) is 6. The molecule has 6 nitrogen and oxygen atoms in total. The Hall–Kier alpha value is -3.03. The van der Waals surface area contributed by atoms with Crippen LogP contribution in [0.2, 0.25) is 0 Å². The molecular weight excluding hydrogens is 398 g/mol. The number of anilines is 1. The lowest BCUT2D eigenvalue weighted by Crippen LogP contribution is -2.21. The molecule has 0 radical (unpaired) electrons. The number of aliphatic hydroxyl groups excluding tert-OH is 1. The first kappa shape index (κ1) is 21.7. The topological polar surface area (TPSA) is 82.3 Å². The van der Waals surface area contributed by atoms with Crippen LogP contribution in [0.15, 0.2) is 94.0 Å². The molecule has 156 valence electrons. The second kappa shape index (κ2) is 10.1. The summed E-state index contributed by atoms with van der Waals surface area (Å²) in [6.07, 6.45) is 0. The predicted molar refractivity (Wildman–Crippen MR) is 119 cm³/mol. The minimum Gasteiger partial charge on any atom is -0.395 e. The number of azo groups is 1. The maximum absolute atomic E-state index is 11.9. The predicted octanol–water partition coefficient (Wildman–Crippen LogP) is 4.89. The Morgan fingerprint density at radius 1 is 0.833 bits per heavy atom. The monoisotopic (exact) mass is 423 g/mol. The van der Waals surface area contributed by atoms with Crippen molar-refractivity contribution in [1.82, 2.24) is 0 Å². The van der Waals surface area contributed by atoms with Crippen molar-refractivity contribution >= 4 is 26.9 Å². The highest BCUT2D eigenvalue weighted by Gasteiger charge is 2.13. The Balaban J connectivity index is 1.67. The van der Waals surface area contributed by atoms with Crippen LogP contribution in [0, 0.1) is 0 Å². The molecule has 7 heteroatoms. The maximum atomic E-state index is 11.9. The molecule has 0 unspecified atom stereocenters. The normalized spacial score (nSPS) is 11.7. The number of benzene rings is 3. The molecule has 0 aliphatic carbocycles. The maximum Gasteiger partial charge on any atom is 0.180 e. The quantitative estimate of drug-likeness (QED) is 0.497. The molecule has 0 fully saturated rings. The zero-order valence-corrected chi connectivity index (χ0v) is 17.7. The molecule has 0 atom stereocenters. The molecule has 0 amide bonds. The van der Waals surface area contributed by atoms with Gasteiger partial charge in [-0.25, -0.2) is 8.42 Å². The van der Waals surface area contributed by atoms with E-state index in [-0.39, 0.29) is 10.6 Å². The lowest BCUT2D eigenvalue weighted by molar-refractivity contribution is 0.319. The summed E-state index contributed by atoms with van der Waals surface area (Å²) in [5.41, 5.74) is 3.64. The highest BCUT2D eigenvalue weighted by Crippen LogP contribution is 2.24. The van der Waals surface area contributed by atoms with Crippen LogP contribution in [0.25, 0.3) is 0 Å². The fourth-order valence-electron chi connectivity index (χ4n) is 2.99. The zero-order valence-electron chi connectivity index (χ0n) is 16.8. The van der Waals surface area contributed by atoms with E-state index < -0.39 is 16.4 Å². The van der Waals surface area contributed by atoms with Crippen molar-refractivity contribution in [3.8, 4) is 0 Å². The first-order valence-corrected chi connectivity index (χ1v) is 11.4. The molecule has 0 saturated heterocycles. The molecule has 30 heavy (non-hydrogen) atoms. The van der Waals surface area contributed by atoms with E-state index in [0.29, 0.717) is 11.4 Å². The lowest BCUT2D eigenvalue weighted by Gasteiger charge is -2.23. The van der Waals surface area contributed by atoms with E-state index in [1.165, 1.54) is 17.7 Å². The highest BCUT2D eigenvalue weighted by molar-refractivity contribution is 7.91. The molecule has 3 aromatic carbocycles. The Labute approximate surface area is 177 Å². The second-order valence-electron chi connectivity index (χ2n) is 6.75. The van der Waals surface area contributed by atoms with Crippen LogP contribution < -0.4 is 4.90 Å². The average molecular weight is 424 g/mol. The molecule has 0 spiro atoms. The molecule has 0 aliphatic rings. The van der Waals surface area contributed by atoms with Crippen LogP contribution >= 0.6 is 0 Å². The first-order chi connectivity index (χ1) is 14.5. The summed E-state index contributed by atoms with van der Waals surface area (Å²) in [7, 11) is -3.46. The van der Waals surface area contributed by atoms with Gasteiger partial charge in [0.1, 0.15) is 0 Å². The summed E-state index contributed by atoms with van der Waals surface area (Å²) < 4.78 is 23.9. The van der Waals surface area contributed by atoms with Gasteiger partial charge in [0.25, 0.3) is 0 Å². The molecule has 3 aromatic rings. The van der Waals surface area contributed by atoms with Crippen molar-refractivity contribution in [2.24, 2.45) is 10.2 Å². The largest absolute Gasteiger partial charge is 0.395 e. The number of rotatable bonds is 9. The molecule has 0 heterocycles. The zero-order chi connectivity index (χ0) is 21.4. The van der Waals surface area contributed by atoms with Gasteiger partial charge in [-0.2, -0.15) is 10.2 Å². The fraction of sp³-hybridized carbons (Fsp3) is 0.217. The average Bonchev–Trinajstić information content (AvgIpc) is 2.77. The van der Waals surface area contributed by atoms with Crippen molar-refractivity contribution < 1.29 is 13.5 Å². The Morgan fingerprint density at radius 3 is 1.93 bits per heavy atom. The lowest BCUT2D eigenvalue weighted by atomic mass is 10.2. The van der Waals surface area contributed by atoms with Crippen molar-refractivity contribution in [2.75, 3.05) is 23.8 Å².